The van der Waals surface area contributed by atoms with Crippen LogP contribution in [0.5, 0.6) is 11.5 Å². The Labute approximate surface area is 206 Å². The highest BCUT2D eigenvalue weighted by atomic mass is 32.1. The average Bonchev–Trinajstić information content (AvgIpc) is 3.56. The molecule has 2 aromatic carbocycles. The molecule has 0 saturated heterocycles. The second-order valence-electron chi connectivity index (χ2n) is 8.07. The molecule has 35 heavy (non-hydrogen) atoms. The van der Waals surface area contributed by atoms with Gasteiger partial charge < -0.3 is 19.7 Å². The van der Waals surface area contributed by atoms with E-state index in [2.05, 4.69) is 22.4 Å². The number of benzene rings is 2. The fourth-order valence-corrected chi connectivity index (χ4v) is 4.87. The minimum Gasteiger partial charge on any atom is -0.504 e. The van der Waals surface area contributed by atoms with Gasteiger partial charge in [0.15, 0.2) is 11.5 Å². The maximum Gasteiger partial charge on any atom is 0.326 e. The molecule has 8 nitrogen and oxygen atoms in total. The molecule has 1 aliphatic rings. The molecule has 0 radical (unpaired) electrons. The molecule has 1 atom stereocenters. The van der Waals surface area contributed by atoms with Crippen LogP contribution >= 0.6 is 11.3 Å². The molecular weight excluding hydrogens is 464 g/mol. The lowest BCUT2D eigenvalue weighted by atomic mass is 9.94. The predicted molar refractivity (Wildman–Crippen MR) is 134 cm³/mol. The van der Waals surface area contributed by atoms with Crippen LogP contribution in [0.3, 0.4) is 0 Å². The van der Waals surface area contributed by atoms with Crippen LogP contribution in [0.1, 0.15) is 36.9 Å². The number of amides is 2. The van der Waals surface area contributed by atoms with Crippen LogP contribution in [-0.4, -0.2) is 28.4 Å². The van der Waals surface area contributed by atoms with Gasteiger partial charge in [0, 0.05) is 5.70 Å². The summed E-state index contributed by atoms with van der Waals surface area (Å²) >= 11 is 1.51. The highest BCUT2D eigenvalue weighted by molar-refractivity contribution is 7.13. The number of nitrogens with one attached hydrogen (secondary N) is 1. The number of aromatic hydroxyl groups is 1. The number of hydrogen-bond donors (Lipinski definition) is 2. The van der Waals surface area contributed by atoms with E-state index in [-0.39, 0.29) is 11.8 Å². The maximum atomic E-state index is 13.4. The van der Waals surface area contributed by atoms with Crippen LogP contribution < -0.4 is 15.0 Å². The van der Waals surface area contributed by atoms with Crippen molar-refractivity contribution in [3.8, 4) is 22.2 Å². The highest BCUT2D eigenvalue weighted by Crippen LogP contribution is 2.41. The second-order valence-corrected chi connectivity index (χ2v) is 9.02. The molecule has 1 aliphatic heterocycles. The maximum absolute atomic E-state index is 13.4. The quantitative estimate of drug-likeness (QED) is 0.357. The zero-order chi connectivity index (χ0) is 24.5. The lowest BCUT2D eigenvalue weighted by Gasteiger charge is -2.35. The fourth-order valence-electron chi connectivity index (χ4n) is 4.22. The Kier molecular flexibility index (Phi) is 6.00. The first kappa shape index (κ1) is 22.7. The number of methoxy groups -OCH3 is 1. The van der Waals surface area contributed by atoms with Crippen molar-refractivity contribution in [3.05, 3.63) is 82.7 Å². The number of carbonyl (C=O) groups is 1. The number of aryl methyl sites for hydroxylation is 1. The van der Waals surface area contributed by atoms with E-state index in [1.54, 1.807) is 23.1 Å². The zero-order valence-corrected chi connectivity index (χ0v) is 20.3. The summed E-state index contributed by atoms with van der Waals surface area (Å²) in [5, 5.41) is 19.6. The Balaban J connectivity index is 1.67. The Morgan fingerprint density at radius 2 is 2.06 bits per heavy atom. The number of urea groups is 1. The number of phenolic OH excluding ortho intramolecular Hbond substituents is 1. The molecule has 0 aliphatic carbocycles. The molecule has 0 saturated carbocycles. The summed E-state index contributed by atoms with van der Waals surface area (Å²) in [5.41, 5.74) is 3.81. The van der Waals surface area contributed by atoms with Crippen LogP contribution in [0, 0.1) is 0 Å². The third-order valence-electron chi connectivity index (χ3n) is 6.00. The first-order valence-corrected chi connectivity index (χ1v) is 12.0. The van der Waals surface area contributed by atoms with Crippen molar-refractivity contribution in [2.24, 2.45) is 0 Å². The molecule has 5 rings (SSSR count). The van der Waals surface area contributed by atoms with Gasteiger partial charge in [-0.2, -0.15) is 4.98 Å². The summed E-state index contributed by atoms with van der Waals surface area (Å²) in [6, 6.07) is 15.8. The van der Waals surface area contributed by atoms with Gasteiger partial charge in [0.05, 0.1) is 29.3 Å². The summed E-state index contributed by atoms with van der Waals surface area (Å²) in [5.74, 6) is 1.08. The number of anilines is 1. The van der Waals surface area contributed by atoms with Crippen molar-refractivity contribution in [1.29, 1.82) is 0 Å². The topological polar surface area (TPSA) is 101 Å². The zero-order valence-electron chi connectivity index (χ0n) is 19.5. The van der Waals surface area contributed by atoms with Crippen LogP contribution in [-0.2, 0) is 6.42 Å². The summed E-state index contributed by atoms with van der Waals surface area (Å²) in [6.07, 6.45) is 0.848. The Morgan fingerprint density at radius 3 is 2.77 bits per heavy atom. The van der Waals surface area contributed by atoms with Crippen LogP contribution in [0.25, 0.3) is 16.3 Å². The third-order valence-corrected chi connectivity index (χ3v) is 6.86. The Morgan fingerprint density at radius 1 is 1.20 bits per heavy atom. The molecule has 2 N–H and O–H groups in total. The SMILES string of the molecule is CCc1cccc(N2C(=O)NC(c3ccc(OC)c(O)c3)C(c3nc(-c4cccs4)no3)=C2C)c1. The lowest BCUT2D eigenvalue weighted by Crippen LogP contribution is -2.46. The number of carbonyl (C=O) groups excluding carboxylic acids is 1. The third kappa shape index (κ3) is 4.15. The highest BCUT2D eigenvalue weighted by Gasteiger charge is 2.37. The molecule has 0 fully saturated rings. The van der Waals surface area contributed by atoms with Gasteiger partial charge >= 0.3 is 6.03 Å². The number of hydrogen-bond acceptors (Lipinski definition) is 7. The van der Waals surface area contributed by atoms with E-state index >= 15 is 0 Å². The summed E-state index contributed by atoms with van der Waals surface area (Å²) in [7, 11) is 1.49. The summed E-state index contributed by atoms with van der Waals surface area (Å²) < 4.78 is 10.9. The number of phenols is 1. The van der Waals surface area contributed by atoms with E-state index < -0.39 is 6.04 Å². The molecule has 9 heteroatoms. The molecule has 0 bridgehead atoms. The monoisotopic (exact) mass is 488 g/mol. The number of rotatable bonds is 6. The standard InChI is InChI=1S/C26H24N4O4S/c1-4-16-7-5-8-18(13-16)30-15(2)22(25-28-24(29-34-25)21-9-6-12-35-21)23(27-26(30)32)17-10-11-20(33-3)19(31)14-17/h5-14,23,31H,4H2,1-3H3,(H,27,32). The Bertz CT molecular complexity index is 1410. The number of ether oxygens (including phenoxy) is 1. The molecular formula is C26H24N4O4S. The average molecular weight is 489 g/mol. The molecule has 4 aromatic rings. The minimum absolute atomic E-state index is 0.0286. The molecule has 0 spiro atoms. The van der Waals surface area contributed by atoms with Crippen molar-refractivity contribution >= 4 is 28.6 Å². The number of nitrogens with zero attached hydrogens (tertiary/aromatic N) is 3. The normalized spacial score (nSPS) is 15.9. The van der Waals surface area contributed by atoms with E-state index in [1.165, 1.54) is 18.4 Å². The predicted octanol–water partition coefficient (Wildman–Crippen LogP) is 5.78. The number of allylic oxidation sites excluding steroid dienone is 1. The van der Waals surface area contributed by atoms with Crippen LogP contribution in [0.15, 0.2) is 70.2 Å². The van der Waals surface area contributed by atoms with Gasteiger partial charge in [0.25, 0.3) is 5.89 Å². The number of thiophene rings is 1. The smallest absolute Gasteiger partial charge is 0.326 e. The van der Waals surface area contributed by atoms with Crippen molar-refractivity contribution in [1.82, 2.24) is 15.5 Å². The van der Waals surface area contributed by atoms with Crippen molar-refractivity contribution in [2.45, 2.75) is 26.3 Å². The van der Waals surface area contributed by atoms with Crippen LogP contribution in [0.4, 0.5) is 10.5 Å². The lowest BCUT2D eigenvalue weighted by molar-refractivity contribution is 0.244. The molecule has 178 valence electrons. The van der Waals surface area contributed by atoms with Crippen molar-refractivity contribution < 1.29 is 19.2 Å². The first-order valence-electron chi connectivity index (χ1n) is 11.1. The van der Waals surface area contributed by atoms with Crippen molar-refractivity contribution in [2.75, 3.05) is 12.0 Å². The van der Waals surface area contributed by atoms with Crippen LogP contribution in [0.2, 0.25) is 0 Å². The Hall–Kier alpha value is -4.11. The summed E-state index contributed by atoms with van der Waals surface area (Å²) in [4.78, 5) is 20.5. The largest absolute Gasteiger partial charge is 0.504 e. The summed E-state index contributed by atoms with van der Waals surface area (Å²) in [6.45, 7) is 3.93. The second kappa shape index (κ2) is 9.27. The van der Waals surface area contributed by atoms with Gasteiger partial charge in [0.2, 0.25) is 5.82 Å². The van der Waals surface area contributed by atoms with E-state index in [1.807, 2.05) is 48.7 Å². The van der Waals surface area contributed by atoms with E-state index in [0.29, 0.717) is 34.3 Å². The number of aromatic nitrogens is 2. The molecule has 3 heterocycles. The van der Waals surface area contributed by atoms with Gasteiger partial charge in [0.1, 0.15) is 0 Å². The van der Waals surface area contributed by atoms with E-state index in [9.17, 15) is 9.90 Å². The van der Waals surface area contributed by atoms with E-state index in [0.717, 1.165) is 22.5 Å². The van der Waals surface area contributed by atoms with Gasteiger partial charge in [-0.3, -0.25) is 4.90 Å². The molecule has 2 amide bonds. The fraction of sp³-hybridized carbons (Fsp3) is 0.192. The van der Waals surface area contributed by atoms with Gasteiger partial charge in [-0.1, -0.05) is 36.3 Å². The first-order chi connectivity index (χ1) is 17.0. The minimum atomic E-state index is -0.624. The molecule has 2 aromatic heterocycles. The van der Waals surface area contributed by atoms with Gasteiger partial charge in [-0.05, 0) is 60.2 Å². The molecule has 1 unspecified atom stereocenters. The van der Waals surface area contributed by atoms with Crippen molar-refractivity contribution in [3.63, 3.8) is 0 Å². The van der Waals surface area contributed by atoms with Gasteiger partial charge in [-0.15, -0.1) is 11.3 Å². The van der Waals surface area contributed by atoms with Gasteiger partial charge in [-0.25, -0.2) is 4.79 Å². The van der Waals surface area contributed by atoms with E-state index in [4.69, 9.17) is 9.26 Å².